The van der Waals surface area contributed by atoms with Crippen molar-refractivity contribution >= 4 is 5.97 Å². The van der Waals surface area contributed by atoms with Gasteiger partial charge in [-0.3, -0.25) is 9.36 Å². The molecule has 24 heavy (non-hydrogen) atoms. The molecule has 0 aliphatic carbocycles. The van der Waals surface area contributed by atoms with Crippen LogP contribution in [0.15, 0.2) is 53.6 Å². The number of rotatable bonds is 3. The highest BCUT2D eigenvalue weighted by Gasteiger charge is 2.15. The molecule has 0 unspecified atom stereocenters. The van der Waals surface area contributed by atoms with E-state index < -0.39 is 11.5 Å². The number of pyridine rings is 1. The number of nitrogens with zero attached hydrogens (tertiary/aromatic N) is 3. The molecule has 0 spiro atoms. The molecule has 6 heteroatoms. The summed E-state index contributed by atoms with van der Waals surface area (Å²) in [6, 6.07) is 10.6. The van der Waals surface area contributed by atoms with E-state index in [0.717, 1.165) is 11.3 Å². The van der Waals surface area contributed by atoms with Gasteiger partial charge < -0.3 is 5.11 Å². The summed E-state index contributed by atoms with van der Waals surface area (Å²) in [7, 11) is 0. The van der Waals surface area contributed by atoms with Crippen LogP contribution in [0.4, 0.5) is 0 Å². The summed E-state index contributed by atoms with van der Waals surface area (Å²) >= 11 is 0. The number of carboxylic acids is 1. The zero-order valence-electron chi connectivity index (χ0n) is 13.2. The van der Waals surface area contributed by atoms with E-state index in [1.54, 1.807) is 56.6 Å². The summed E-state index contributed by atoms with van der Waals surface area (Å²) in [5.74, 6) is -0.576. The minimum absolute atomic E-state index is 0.221. The summed E-state index contributed by atoms with van der Waals surface area (Å²) in [5, 5.41) is 9.25. The van der Waals surface area contributed by atoms with Crippen LogP contribution in [0.3, 0.4) is 0 Å². The number of hydrogen-bond acceptors (Lipinski definition) is 4. The van der Waals surface area contributed by atoms with Gasteiger partial charge >= 0.3 is 5.97 Å². The fourth-order valence-corrected chi connectivity index (χ4v) is 2.52. The fraction of sp³-hybridized carbons (Fsp3) is 0.111. The van der Waals surface area contributed by atoms with E-state index in [1.165, 1.54) is 4.57 Å². The highest BCUT2D eigenvalue weighted by molar-refractivity contribution is 5.88. The molecule has 0 radical (unpaired) electrons. The summed E-state index contributed by atoms with van der Waals surface area (Å²) in [4.78, 5) is 32.2. The third-order valence-electron chi connectivity index (χ3n) is 3.71. The van der Waals surface area contributed by atoms with Crippen molar-refractivity contribution in [2.24, 2.45) is 0 Å². The summed E-state index contributed by atoms with van der Waals surface area (Å²) in [6.45, 7) is 3.41. The van der Waals surface area contributed by atoms with Crippen molar-refractivity contribution in [3.05, 3.63) is 76.1 Å². The average molecular weight is 321 g/mol. The largest absolute Gasteiger partial charge is 0.477 e. The van der Waals surface area contributed by atoms with Crippen LogP contribution in [-0.2, 0) is 0 Å². The minimum Gasteiger partial charge on any atom is -0.477 e. The Morgan fingerprint density at radius 3 is 2.67 bits per heavy atom. The average Bonchev–Trinajstić information content (AvgIpc) is 2.55. The lowest BCUT2D eigenvalue weighted by Crippen LogP contribution is -2.26. The highest BCUT2D eigenvalue weighted by Crippen LogP contribution is 2.20. The zero-order valence-corrected chi connectivity index (χ0v) is 13.2. The lowest BCUT2D eigenvalue weighted by molar-refractivity contribution is 0.0693. The summed E-state index contributed by atoms with van der Waals surface area (Å²) in [5.41, 5.74) is 1.80. The molecule has 0 fully saturated rings. The molecular formula is C18H15N3O3. The Bertz CT molecular complexity index is 993. The van der Waals surface area contributed by atoms with Crippen LogP contribution in [0.2, 0.25) is 0 Å². The Kier molecular flexibility index (Phi) is 3.95. The minimum atomic E-state index is -1.23. The van der Waals surface area contributed by atoms with Gasteiger partial charge in [0.2, 0.25) is 0 Å². The van der Waals surface area contributed by atoms with Crippen LogP contribution in [0.5, 0.6) is 0 Å². The van der Waals surface area contributed by atoms with Crippen LogP contribution in [0.1, 0.15) is 21.7 Å². The van der Waals surface area contributed by atoms with E-state index in [2.05, 4.69) is 9.97 Å². The summed E-state index contributed by atoms with van der Waals surface area (Å²) < 4.78 is 1.33. The molecule has 0 saturated heterocycles. The van der Waals surface area contributed by atoms with Crippen LogP contribution in [-0.4, -0.2) is 25.6 Å². The Labute approximate surface area is 138 Å². The number of benzene rings is 1. The maximum Gasteiger partial charge on any atom is 0.341 e. The van der Waals surface area contributed by atoms with E-state index in [9.17, 15) is 14.7 Å². The molecule has 6 nitrogen and oxygen atoms in total. The Hall–Kier alpha value is -3.28. The number of aryl methyl sites for hydroxylation is 2. The molecule has 2 heterocycles. The van der Waals surface area contributed by atoms with Gasteiger partial charge in [0.1, 0.15) is 11.4 Å². The molecule has 120 valence electrons. The Morgan fingerprint density at radius 1 is 1.17 bits per heavy atom. The van der Waals surface area contributed by atoms with Crippen molar-refractivity contribution in [2.75, 3.05) is 0 Å². The van der Waals surface area contributed by atoms with Crippen molar-refractivity contribution in [1.29, 1.82) is 0 Å². The monoisotopic (exact) mass is 321 g/mol. The lowest BCUT2D eigenvalue weighted by atomic mass is 10.1. The van der Waals surface area contributed by atoms with Gasteiger partial charge in [-0.25, -0.2) is 14.8 Å². The third kappa shape index (κ3) is 2.81. The highest BCUT2D eigenvalue weighted by atomic mass is 16.4. The Balaban J connectivity index is 2.15. The molecule has 0 bridgehead atoms. The summed E-state index contributed by atoms with van der Waals surface area (Å²) in [6.07, 6.45) is 3.25. The second kappa shape index (κ2) is 6.08. The standard InChI is InChI=1S/C18H15N3O3/c1-11-7-9-21(17(22)16(11)18(23)24)14-5-3-4-13(10-14)15-6-8-19-12(2)20-15/h3-10H,1-2H3,(H,23,24). The van der Waals surface area contributed by atoms with Gasteiger partial charge in [-0.15, -0.1) is 0 Å². The number of aromatic carboxylic acids is 1. The van der Waals surface area contributed by atoms with Gasteiger partial charge in [0.05, 0.1) is 5.69 Å². The molecule has 0 amide bonds. The predicted octanol–water partition coefficient (Wildman–Crippen LogP) is 2.61. The van der Waals surface area contributed by atoms with E-state index in [-0.39, 0.29) is 5.56 Å². The van der Waals surface area contributed by atoms with E-state index in [4.69, 9.17) is 0 Å². The second-order valence-electron chi connectivity index (χ2n) is 5.39. The van der Waals surface area contributed by atoms with Crippen molar-refractivity contribution < 1.29 is 9.90 Å². The van der Waals surface area contributed by atoms with E-state index in [0.29, 0.717) is 17.1 Å². The SMILES string of the molecule is Cc1nccc(-c2cccc(-n3ccc(C)c(C(=O)O)c3=O)c2)n1. The molecule has 0 atom stereocenters. The first-order valence-corrected chi connectivity index (χ1v) is 7.33. The van der Waals surface area contributed by atoms with Crippen molar-refractivity contribution in [1.82, 2.24) is 14.5 Å². The van der Waals surface area contributed by atoms with Crippen LogP contribution in [0, 0.1) is 13.8 Å². The molecule has 1 N–H and O–H groups in total. The Morgan fingerprint density at radius 2 is 1.96 bits per heavy atom. The molecule has 3 aromatic rings. The second-order valence-corrected chi connectivity index (χ2v) is 5.39. The van der Waals surface area contributed by atoms with Gasteiger partial charge in [-0.2, -0.15) is 0 Å². The molecule has 3 rings (SSSR count). The lowest BCUT2D eigenvalue weighted by Gasteiger charge is -2.10. The van der Waals surface area contributed by atoms with Gasteiger partial charge in [0.25, 0.3) is 5.56 Å². The van der Waals surface area contributed by atoms with E-state index in [1.807, 2.05) is 6.07 Å². The van der Waals surface area contributed by atoms with Crippen LogP contribution < -0.4 is 5.56 Å². The fourth-order valence-electron chi connectivity index (χ4n) is 2.52. The zero-order chi connectivity index (χ0) is 17.3. The maximum atomic E-state index is 12.5. The predicted molar refractivity (Wildman–Crippen MR) is 89.5 cm³/mol. The number of carbonyl (C=O) groups is 1. The van der Waals surface area contributed by atoms with Crippen LogP contribution >= 0.6 is 0 Å². The van der Waals surface area contributed by atoms with Gasteiger partial charge in [0.15, 0.2) is 0 Å². The number of aromatic nitrogens is 3. The smallest absolute Gasteiger partial charge is 0.341 e. The first kappa shape index (κ1) is 15.6. The number of hydrogen-bond donors (Lipinski definition) is 1. The molecule has 2 aromatic heterocycles. The van der Waals surface area contributed by atoms with Gasteiger partial charge in [0, 0.05) is 23.6 Å². The molecule has 0 saturated carbocycles. The first-order valence-electron chi connectivity index (χ1n) is 7.33. The van der Waals surface area contributed by atoms with E-state index >= 15 is 0 Å². The normalized spacial score (nSPS) is 10.6. The van der Waals surface area contributed by atoms with Crippen molar-refractivity contribution in [3.63, 3.8) is 0 Å². The van der Waals surface area contributed by atoms with Gasteiger partial charge in [-0.05, 0) is 43.7 Å². The first-order chi connectivity index (χ1) is 11.5. The molecule has 0 aliphatic heterocycles. The maximum absolute atomic E-state index is 12.5. The topological polar surface area (TPSA) is 85.1 Å². The van der Waals surface area contributed by atoms with Crippen molar-refractivity contribution in [2.45, 2.75) is 13.8 Å². The molecule has 1 aromatic carbocycles. The molecular weight excluding hydrogens is 306 g/mol. The van der Waals surface area contributed by atoms with Gasteiger partial charge in [-0.1, -0.05) is 12.1 Å². The third-order valence-corrected chi connectivity index (χ3v) is 3.71. The quantitative estimate of drug-likeness (QED) is 0.801. The number of carboxylic acid groups (broad SMARTS) is 1. The molecule has 0 aliphatic rings. The van der Waals surface area contributed by atoms with Crippen molar-refractivity contribution in [3.8, 4) is 16.9 Å². The van der Waals surface area contributed by atoms with Crippen LogP contribution in [0.25, 0.3) is 16.9 Å².